The normalized spacial score (nSPS) is 20.0. The van der Waals surface area contributed by atoms with E-state index in [0.717, 1.165) is 18.8 Å². The van der Waals surface area contributed by atoms with Crippen molar-refractivity contribution in [2.45, 2.75) is 45.2 Å². The molecule has 0 radical (unpaired) electrons. The van der Waals surface area contributed by atoms with Crippen molar-refractivity contribution in [3.63, 3.8) is 0 Å². The molecule has 106 valence electrons. The van der Waals surface area contributed by atoms with Gasteiger partial charge in [0.25, 0.3) is 0 Å². The Morgan fingerprint density at radius 3 is 2.47 bits per heavy atom. The maximum absolute atomic E-state index is 6.28. The van der Waals surface area contributed by atoms with Crippen LogP contribution in [-0.2, 0) is 0 Å². The molecule has 0 amide bonds. The Hall–Kier alpha value is -1.06. The van der Waals surface area contributed by atoms with Gasteiger partial charge in [0.05, 0.1) is 13.2 Å². The van der Waals surface area contributed by atoms with Crippen LogP contribution in [0, 0.1) is 6.92 Å². The molecule has 0 bridgehead atoms. The van der Waals surface area contributed by atoms with Crippen molar-refractivity contribution < 1.29 is 4.74 Å². The summed E-state index contributed by atoms with van der Waals surface area (Å²) in [6.07, 6.45) is 3.89. The number of rotatable bonds is 4. The van der Waals surface area contributed by atoms with Gasteiger partial charge < -0.3 is 10.5 Å². The number of nitrogens with zero attached hydrogens (tertiary/aromatic N) is 1. The summed E-state index contributed by atoms with van der Waals surface area (Å²) in [5.74, 6) is 0.957. The molecule has 1 aromatic carbocycles. The molecular weight excluding hydrogens is 236 g/mol. The Bertz CT molecular complexity index is 411. The van der Waals surface area contributed by atoms with Crippen LogP contribution in [0.25, 0.3) is 0 Å². The molecule has 1 aliphatic heterocycles. The van der Waals surface area contributed by atoms with E-state index < -0.39 is 0 Å². The fourth-order valence-electron chi connectivity index (χ4n) is 3.09. The number of aryl methyl sites for hydroxylation is 1. The highest BCUT2D eigenvalue weighted by atomic mass is 16.5. The summed E-state index contributed by atoms with van der Waals surface area (Å²) in [5.41, 5.74) is 8.77. The van der Waals surface area contributed by atoms with Crippen molar-refractivity contribution in [3.8, 4) is 5.75 Å². The summed E-state index contributed by atoms with van der Waals surface area (Å²) in [7, 11) is 1.74. The van der Waals surface area contributed by atoms with Crippen LogP contribution in [0.2, 0.25) is 0 Å². The van der Waals surface area contributed by atoms with Crippen molar-refractivity contribution in [3.05, 3.63) is 29.3 Å². The van der Waals surface area contributed by atoms with E-state index in [1.54, 1.807) is 7.11 Å². The monoisotopic (exact) mass is 262 g/mol. The van der Waals surface area contributed by atoms with Crippen LogP contribution in [0.3, 0.4) is 0 Å². The predicted molar refractivity (Wildman–Crippen MR) is 79.5 cm³/mol. The summed E-state index contributed by atoms with van der Waals surface area (Å²) in [6, 6.07) is 6.74. The van der Waals surface area contributed by atoms with E-state index in [1.807, 2.05) is 0 Å². The molecule has 1 heterocycles. The second-order valence-electron chi connectivity index (χ2n) is 5.65. The molecular formula is C16H26N2O. The van der Waals surface area contributed by atoms with Gasteiger partial charge in [-0.1, -0.05) is 24.1 Å². The van der Waals surface area contributed by atoms with Crippen LogP contribution < -0.4 is 10.5 Å². The molecule has 2 atom stereocenters. The number of hydrogen-bond donors (Lipinski definition) is 1. The number of likely N-dealkylation sites (tertiary alicyclic amines) is 1. The Labute approximate surface area is 116 Å². The number of hydrogen-bond acceptors (Lipinski definition) is 3. The zero-order chi connectivity index (χ0) is 13.8. The zero-order valence-electron chi connectivity index (χ0n) is 12.4. The molecule has 2 rings (SSSR count). The zero-order valence-corrected chi connectivity index (χ0v) is 12.4. The Morgan fingerprint density at radius 1 is 1.21 bits per heavy atom. The van der Waals surface area contributed by atoms with Crippen LogP contribution in [0.5, 0.6) is 5.75 Å². The van der Waals surface area contributed by atoms with E-state index in [-0.39, 0.29) is 12.1 Å². The highest BCUT2D eigenvalue weighted by molar-refractivity contribution is 5.40. The van der Waals surface area contributed by atoms with Crippen molar-refractivity contribution in [2.75, 3.05) is 20.2 Å². The third kappa shape index (κ3) is 3.28. The van der Waals surface area contributed by atoms with Crippen molar-refractivity contribution in [2.24, 2.45) is 5.73 Å². The number of piperidine rings is 1. The maximum Gasteiger partial charge on any atom is 0.123 e. The molecule has 0 aliphatic carbocycles. The van der Waals surface area contributed by atoms with E-state index in [0.29, 0.717) is 0 Å². The largest absolute Gasteiger partial charge is 0.496 e. The maximum atomic E-state index is 6.28. The summed E-state index contributed by atoms with van der Waals surface area (Å²) in [6.45, 7) is 6.50. The van der Waals surface area contributed by atoms with Crippen molar-refractivity contribution in [1.82, 2.24) is 4.90 Å². The minimum atomic E-state index is 0.105. The molecule has 1 aromatic rings. The van der Waals surface area contributed by atoms with Crippen LogP contribution in [0.15, 0.2) is 18.2 Å². The van der Waals surface area contributed by atoms with Crippen molar-refractivity contribution >= 4 is 0 Å². The van der Waals surface area contributed by atoms with Crippen LogP contribution in [0.1, 0.15) is 43.4 Å². The summed E-state index contributed by atoms with van der Waals surface area (Å²) >= 11 is 0. The van der Waals surface area contributed by atoms with Gasteiger partial charge in [0.2, 0.25) is 0 Å². The molecule has 19 heavy (non-hydrogen) atoms. The highest BCUT2D eigenvalue weighted by Gasteiger charge is 2.27. The summed E-state index contributed by atoms with van der Waals surface area (Å²) in [5, 5.41) is 0. The third-order valence-electron chi connectivity index (χ3n) is 3.99. The molecule has 1 aliphatic rings. The fourth-order valence-corrected chi connectivity index (χ4v) is 3.09. The first-order valence-electron chi connectivity index (χ1n) is 7.27. The molecule has 2 N–H and O–H groups in total. The van der Waals surface area contributed by atoms with Gasteiger partial charge in [0, 0.05) is 11.6 Å². The van der Waals surface area contributed by atoms with Gasteiger partial charge in [-0.2, -0.15) is 0 Å². The average molecular weight is 262 g/mol. The average Bonchev–Trinajstić information content (AvgIpc) is 2.40. The minimum Gasteiger partial charge on any atom is -0.496 e. The number of benzene rings is 1. The van der Waals surface area contributed by atoms with Crippen molar-refractivity contribution in [1.29, 1.82) is 0 Å². The molecule has 0 spiro atoms. The SMILES string of the molecule is COc1ccc(C)cc1C(C(C)N)N1CCCCC1. The predicted octanol–water partition coefficient (Wildman–Crippen LogP) is 2.88. The van der Waals surface area contributed by atoms with Gasteiger partial charge in [0.1, 0.15) is 5.75 Å². The van der Waals surface area contributed by atoms with Crippen LogP contribution in [0.4, 0.5) is 0 Å². The summed E-state index contributed by atoms with van der Waals surface area (Å²) < 4.78 is 5.54. The number of ether oxygens (including phenoxy) is 1. The van der Waals surface area contributed by atoms with Crippen LogP contribution >= 0.6 is 0 Å². The Balaban J connectivity index is 2.34. The van der Waals surface area contributed by atoms with Gasteiger partial charge in [-0.05, 0) is 45.8 Å². The van der Waals surface area contributed by atoms with Gasteiger partial charge in [-0.25, -0.2) is 0 Å². The molecule has 2 unspecified atom stereocenters. The van der Waals surface area contributed by atoms with Gasteiger partial charge >= 0.3 is 0 Å². The third-order valence-corrected chi connectivity index (χ3v) is 3.99. The highest BCUT2D eigenvalue weighted by Crippen LogP contribution is 2.33. The van der Waals surface area contributed by atoms with E-state index in [2.05, 4.69) is 36.9 Å². The minimum absolute atomic E-state index is 0.105. The molecule has 3 nitrogen and oxygen atoms in total. The van der Waals surface area contributed by atoms with E-state index in [1.165, 1.54) is 30.4 Å². The second-order valence-corrected chi connectivity index (χ2v) is 5.65. The molecule has 1 saturated heterocycles. The quantitative estimate of drug-likeness (QED) is 0.906. The summed E-state index contributed by atoms with van der Waals surface area (Å²) in [4.78, 5) is 2.52. The molecule has 3 heteroatoms. The van der Waals surface area contributed by atoms with Gasteiger partial charge in [-0.3, -0.25) is 4.90 Å². The lowest BCUT2D eigenvalue weighted by molar-refractivity contribution is 0.144. The first-order chi connectivity index (χ1) is 9.13. The van der Waals surface area contributed by atoms with E-state index >= 15 is 0 Å². The van der Waals surface area contributed by atoms with Crippen LogP contribution in [-0.4, -0.2) is 31.1 Å². The lowest BCUT2D eigenvalue weighted by Gasteiger charge is -2.37. The fraction of sp³-hybridized carbons (Fsp3) is 0.625. The molecule has 0 aromatic heterocycles. The van der Waals surface area contributed by atoms with E-state index in [9.17, 15) is 0 Å². The number of nitrogens with two attached hydrogens (primary N) is 1. The van der Waals surface area contributed by atoms with Gasteiger partial charge in [0.15, 0.2) is 0 Å². The topological polar surface area (TPSA) is 38.5 Å². The number of methoxy groups -OCH3 is 1. The van der Waals surface area contributed by atoms with E-state index in [4.69, 9.17) is 10.5 Å². The molecule has 1 fully saturated rings. The smallest absolute Gasteiger partial charge is 0.123 e. The Kier molecular flexibility index (Phi) is 4.83. The second kappa shape index (κ2) is 6.40. The Morgan fingerprint density at radius 2 is 1.89 bits per heavy atom. The molecule has 0 saturated carbocycles. The first-order valence-corrected chi connectivity index (χ1v) is 7.27. The van der Waals surface area contributed by atoms with Gasteiger partial charge in [-0.15, -0.1) is 0 Å². The lowest BCUT2D eigenvalue weighted by atomic mass is 9.94. The first kappa shape index (κ1) is 14.4. The standard InChI is InChI=1S/C16H26N2O/c1-12-7-8-15(19-3)14(11-12)16(13(2)17)18-9-5-4-6-10-18/h7-8,11,13,16H,4-6,9-10,17H2,1-3H3. The lowest BCUT2D eigenvalue weighted by Crippen LogP contribution is -2.42.